The molecule has 0 bridgehead atoms. The van der Waals surface area contributed by atoms with Gasteiger partial charge in [-0.1, -0.05) is 16.3 Å². The second-order valence-corrected chi connectivity index (χ2v) is 4.94. The Hall–Kier alpha value is -2.23. The summed E-state index contributed by atoms with van der Waals surface area (Å²) in [5, 5.41) is 15.3. The van der Waals surface area contributed by atoms with E-state index in [2.05, 4.69) is 26.7 Å². The summed E-state index contributed by atoms with van der Waals surface area (Å²) in [6, 6.07) is 5.50. The molecule has 1 aromatic carbocycles. The predicted molar refractivity (Wildman–Crippen MR) is 77.7 cm³/mol. The van der Waals surface area contributed by atoms with E-state index in [1.54, 1.807) is 13.0 Å². The monoisotopic (exact) mass is 287 g/mol. The van der Waals surface area contributed by atoms with Crippen molar-refractivity contribution < 1.29 is 9.90 Å². The quantitative estimate of drug-likeness (QED) is 0.825. The number of nitrogens with one attached hydrogen (secondary N) is 1. The molecule has 5 nitrogen and oxygen atoms in total. The van der Waals surface area contributed by atoms with Crippen LogP contribution in [0.15, 0.2) is 18.2 Å². The number of aliphatic hydroxyl groups is 1. The summed E-state index contributed by atoms with van der Waals surface area (Å²) < 4.78 is 3.74. The third-order valence-electron chi connectivity index (χ3n) is 2.50. The van der Waals surface area contributed by atoms with Crippen molar-refractivity contribution in [3.05, 3.63) is 39.9 Å². The zero-order chi connectivity index (χ0) is 14.5. The van der Waals surface area contributed by atoms with Gasteiger partial charge in [0.2, 0.25) is 0 Å². The summed E-state index contributed by atoms with van der Waals surface area (Å²) in [6.07, 6.45) is 0. The van der Waals surface area contributed by atoms with Crippen molar-refractivity contribution >= 4 is 23.1 Å². The van der Waals surface area contributed by atoms with E-state index in [9.17, 15) is 4.79 Å². The van der Waals surface area contributed by atoms with Gasteiger partial charge in [-0.2, -0.15) is 0 Å². The maximum Gasteiger partial charge on any atom is 0.269 e. The van der Waals surface area contributed by atoms with Gasteiger partial charge < -0.3 is 10.4 Å². The van der Waals surface area contributed by atoms with Gasteiger partial charge in [0.25, 0.3) is 5.91 Å². The summed E-state index contributed by atoms with van der Waals surface area (Å²) in [6.45, 7) is 3.47. The smallest absolute Gasteiger partial charge is 0.269 e. The normalized spacial score (nSPS) is 9.75. The highest BCUT2D eigenvalue weighted by Gasteiger charge is 2.13. The third-order valence-corrected chi connectivity index (χ3v) is 3.33. The molecule has 2 rings (SSSR count). The number of aromatic nitrogens is 2. The van der Waals surface area contributed by atoms with Gasteiger partial charge >= 0.3 is 0 Å². The Morgan fingerprint density at radius 1 is 1.40 bits per heavy atom. The minimum atomic E-state index is -0.232. The summed E-state index contributed by atoms with van der Waals surface area (Å²) >= 11 is 1.06. The van der Waals surface area contributed by atoms with Crippen molar-refractivity contribution in [2.45, 2.75) is 13.8 Å². The molecule has 0 unspecified atom stereocenters. The summed E-state index contributed by atoms with van der Waals surface area (Å²) in [7, 11) is 0. The Balaban J connectivity index is 2.23. The van der Waals surface area contributed by atoms with Gasteiger partial charge in [-0.05, 0) is 49.1 Å². The molecular weight excluding hydrogens is 274 g/mol. The van der Waals surface area contributed by atoms with Crippen LogP contribution in [0.1, 0.15) is 26.5 Å². The fourth-order valence-electron chi connectivity index (χ4n) is 1.70. The number of nitrogens with zero attached hydrogens (tertiary/aromatic N) is 2. The number of amides is 1. The Kier molecular flexibility index (Phi) is 4.45. The molecule has 0 atom stereocenters. The molecule has 102 valence electrons. The lowest BCUT2D eigenvalue weighted by Gasteiger charge is -2.06. The lowest BCUT2D eigenvalue weighted by molar-refractivity contribution is 0.103. The molecule has 0 aliphatic carbocycles. The van der Waals surface area contributed by atoms with Crippen LogP contribution in [0.4, 0.5) is 5.69 Å². The molecule has 1 heterocycles. The number of carbonyl (C=O) groups is 1. The topological polar surface area (TPSA) is 75.1 Å². The number of aryl methyl sites for hydroxylation is 2. The van der Waals surface area contributed by atoms with Crippen LogP contribution >= 0.6 is 11.5 Å². The summed E-state index contributed by atoms with van der Waals surface area (Å²) in [4.78, 5) is 12.6. The lowest BCUT2D eigenvalue weighted by atomic mass is 10.1. The molecule has 0 aliphatic heterocycles. The van der Waals surface area contributed by atoms with E-state index in [0.29, 0.717) is 16.3 Å². The molecule has 20 heavy (non-hydrogen) atoms. The van der Waals surface area contributed by atoms with Gasteiger partial charge in [0, 0.05) is 11.3 Å². The van der Waals surface area contributed by atoms with E-state index in [1.165, 1.54) is 0 Å². The average Bonchev–Trinajstić information content (AvgIpc) is 2.82. The average molecular weight is 287 g/mol. The van der Waals surface area contributed by atoms with Crippen LogP contribution in [-0.2, 0) is 0 Å². The standard InChI is InChI=1S/C14H13N3O2S/c1-9-6-11(4-3-5-18)8-12(7-9)15-14(19)13-10(2)16-17-20-13/h6-8,18H,5H2,1-2H3,(H,15,19). The van der Waals surface area contributed by atoms with Crippen molar-refractivity contribution in [1.82, 2.24) is 9.59 Å². The van der Waals surface area contributed by atoms with E-state index in [-0.39, 0.29) is 12.5 Å². The summed E-state index contributed by atoms with van der Waals surface area (Å²) in [5.41, 5.74) is 2.99. The minimum absolute atomic E-state index is 0.193. The zero-order valence-corrected chi connectivity index (χ0v) is 11.9. The molecule has 1 aromatic heterocycles. The molecule has 1 amide bonds. The molecule has 0 spiro atoms. The second kappa shape index (κ2) is 6.28. The van der Waals surface area contributed by atoms with E-state index >= 15 is 0 Å². The van der Waals surface area contributed by atoms with Crippen molar-refractivity contribution in [2.75, 3.05) is 11.9 Å². The van der Waals surface area contributed by atoms with Crippen molar-refractivity contribution in [3.63, 3.8) is 0 Å². The van der Waals surface area contributed by atoms with Crippen molar-refractivity contribution in [1.29, 1.82) is 0 Å². The van der Waals surface area contributed by atoms with Crippen LogP contribution in [0.25, 0.3) is 0 Å². The van der Waals surface area contributed by atoms with Crippen LogP contribution in [0, 0.1) is 25.7 Å². The molecule has 2 aromatic rings. The van der Waals surface area contributed by atoms with E-state index in [1.807, 2.05) is 19.1 Å². The van der Waals surface area contributed by atoms with Gasteiger partial charge in [0.15, 0.2) is 0 Å². The molecule has 6 heteroatoms. The molecule has 2 N–H and O–H groups in total. The first-order valence-corrected chi connectivity index (χ1v) is 6.69. The Morgan fingerprint density at radius 3 is 2.85 bits per heavy atom. The lowest BCUT2D eigenvalue weighted by Crippen LogP contribution is -2.11. The van der Waals surface area contributed by atoms with Gasteiger partial charge in [0.05, 0.1) is 5.69 Å². The first kappa shape index (κ1) is 14.2. The fourth-order valence-corrected chi connectivity index (χ4v) is 2.25. The van der Waals surface area contributed by atoms with Crippen molar-refractivity contribution in [2.24, 2.45) is 0 Å². The number of rotatable bonds is 2. The van der Waals surface area contributed by atoms with Crippen LogP contribution < -0.4 is 5.32 Å². The maximum atomic E-state index is 12.1. The zero-order valence-electron chi connectivity index (χ0n) is 11.1. The molecular formula is C14H13N3O2S. The second-order valence-electron chi connectivity index (χ2n) is 4.19. The number of carbonyl (C=O) groups excluding carboxylic acids is 1. The number of hydrogen-bond acceptors (Lipinski definition) is 5. The van der Waals surface area contributed by atoms with Crippen LogP contribution in [0.2, 0.25) is 0 Å². The maximum absolute atomic E-state index is 12.1. The van der Waals surface area contributed by atoms with E-state index < -0.39 is 0 Å². The van der Waals surface area contributed by atoms with Gasteiger partial charge in [-0.3, -0.25) is 4.79 Å². The fraction of sp³-hybridized carbons (Fsp3) is 0.214. The molecule has 0 radical (unpaired) electrons. The highest BCUT2D eigenvalue weighted by Crippen LogP contribution is 2.17. The highest BCUT2D eigenvalue weighted by molar-refractivity contribution is 7.08. The van der Waals surface area contributed by atoms with Crippen LogP contribution in [-0.4, -0.2) is 27.2 Å². The van der Waals surface area contributed by atoms with Crippen LogP contribution in [0.3, 0.4) is 0 Å². The number of benzene rings is 1. The Bertz CT molecular complexity index is 698. The van der Waals surface area contributed by atoms with E-state index in [0.717, 1.165) is 22.7 Å². The molecule has 0 fully saturated rings. The van der Waals surface area contributed by atoms with E-state index in [4.69, 9.17) is 5.11 Å². The largest absolute Gasteiger partial charge is 0.384 e. The van der Waals surface area contributed by atoms with Gasteiger partial charge in [-0.25, -0.2) is 0 Å². The third kappa shape index (κ3) is 3.41. The molecule has 0 saturated carbocycles. The minimum Gasteiger partial charge on any atom is -0.384 e. The first-order chi connectivity index (χ1) is 9.60. The summed E-state index contributed by atoms with van der Waals surface area (Å²) in [5.74, 6) is 5.17. The number of aliphatic hydroxyl groups excluding tert-OH is 1. The molecule has 0 aliphatic rings. The Labute approximate surface area is 120 Å². The van der Waals surface area contributed by atoms with Gasteiger partial charge in [-0.15, -0.1) is 5.10 Å². The highest BCUT2D eigenvalue weighted by atomic mass is 32.1. The number of anilines is 1. The molecule has 0 saturated heterocycles. The number of hydrogen-bond donors (Lipinski definition) is 2. The van der Waals surface area contributed by atoms with Crippen LogP contribution in [0.5, 0.6) is 0 Å². The van der Waals surface area contributed by atoms with Gasteiger partial charge in [0.1, 0.15) is 11.5 Å². The SMILES string of the molecule is Cc1cc(C#CCO)cc(NC(=O)c2snnc2C)c1. The van der Waals surface area contributed by atoms with Crippen molar-refractivity contribution in [3.8, 4) is 11.8 Å². The predicted octanol–water partition coefficient (Wildman–Crippen LogP) is 1.75. The Morgan fingerprint density at radius 2 is 2.20 bits per heavy atom. The first-order valence-electron chi connectivity index (χ1n) is 5.92.